The van der Waals surface area contributed by atoms with Crippen LogP contribution in [0.1, 0.15) is 15.9 Å². The molecule has 108 valence electrons. The Bertz CT molecular complexity index is 616. The molecular formula is C17H15ClO3. The number of hydrogen-bond acceptors (Lipinski definition) is 3. The van der Waals surface area contributed by atoms with E-state index >= 15 is 0 Å². The average molecular weight is 303 g/mol. The molecule has 1 saturated heterocycles. The van der Waals surface area contributed by atoms with Gasteiger partial charge in [0.25, 0.3) is 0 Å². The minimum absolute atomic E-state index is 0.00474. The quantitative estimate of drug-likeness (QED) is 0.815. The first-order valence-corrected chi connectivity index (χ1v) is 7.11. The number of carbonyl (C=O) groups is 1. The Kier molecular flexibility index (Phi) is 4.06. The molecule has 4 heteroatoms. The van der Waals surface area contributed by atoms with Crippen LogP contribution in [0.25, 0.3) is 0 Å². The van der Waals surface area contributed by atoms with Gasteiger partial charge in [-0.3, -0.25) is 4.79 Å². The number of rotatable bonds is 3. The number of benzene rings is 2. The largest absolute Gasteiger partial charge is 0.354 e. The van der Waals surface area contributed by atoms with Crippen molar-refractivity contribution < 1.29 is 14.3 Å². The molecule has 0 atom stereocenters. The van der Waals surface area contributed by atoms with Crippen LogP contribution in [-0.4, -0.2) is 25.8 Å². The van der Waals surface area contributed by atoms with Crippen LogP contribution in [0.4, 0.5) is 0 Å². The van der Waals surface area contributed by atoms with Gasteiger partial charge in [-0.05, 0) is 17.7 Å². The molecule has 0 bridgehead atoms. The lowest BCUT2D eigenvalue weighted by Crippen LogP contribution is -2.48. The summed E-state index contributed by atoms with van der Waals surface area (Å²) in [4.78, 5) is 13.0. The summed E-state index contributed by atoms with van der Waals surface area (Å²) in [6.45, 7) is 0.835. The SMILES string of the molecule is O=C(c1ccccc1)C1(c2ccc(Cl)cc2)COCOC1. The highest BCUT2D eigenvalue weighted by Crippen LogP contribution is 2.32. The van der Waals surface area contributed by atoms with Gasteiger partial charge in [-0.1, -0.05) is 54.1 Å². The molecule has 0 spiro atoms. The maximum Gasteiger partial charge on any atom is 0.178 e. The van der Waals surface area contributed by atoms with E-state index in [-0.39, 0.29) is 12.6 Å². The predicted molar refractivity (Wildman–Crippen MR) is 80.7 cm³/mol. The molecule has 3 rings (SSSR count). The van der Waals surface area contributed by atoms with Crippen LogP contribution in [-0.2, 0) is 14.9 Å². The van der Waals surface area contributed by atoms with Gasteiger partial charge in [0, 0.05) is 10.6 Å². The maximum atomic E-state index is 13.0. The standard InChI is InChI=1S/C17H15ClO3/c18-15-8-6-14(7-9-15)17(10-20-12-21-11-17)16(19)13-4-2-1-3-5-13/h1-9H,10-12H2. The zero-order valence-electron chi connectivity index (χ0n) is 11.4. The van der Waals surface area contributed by atoms with Crippen molar-refractivity contribution in [2.75, 3.05) is 20.0 Å². The van der Waals surface area contributed by atoms with Crippen molar-refractivity contribution >= 4 is 17.4 Å². The molecule has 0 aromatic heterocycles. The van der Waals surface area contributed by atoms with Gasteiger partial charge in [0.2, 0.25) is 0 Å². The van der Waals surface area contributed by atoms with Gasteiger partial charge in [0.05, 0.1) is 13.2 Å². The lowest BCUT2D eigenvalue weighted by atomic mass is 9.75. The van der Waals surface area contributed by atoms with E-state index in [0.717, 1.165) is 5.56 Å². The van der Waals surface area contributed by atoms with Crippen molar-refractivity contribution in [2.45, 2.75) is 5.41 Å². The summed E-state index contributed by atoms with van der Waals surface area (Å²) in [7, 11) is 0. The monoisotopic (exact) mass is 302 g/mol. The van der Waals surface area contributed by atoms with Gasteiger partial charge in [-0.25, -0.2) is 0 Å². The minimum Gasteiger partial charge on any atom is -0.354 e. The highest BCUT2D eigenvalue weighted by Gasteiger charge is 2.43. The van der Waals surface area contributed by atoms with Crippen molar-refractivity contribution in [2.24, 2.45) is 0 Å². The van der Waals surface area contributed by atoms with Crippen LogP contribution in [0.5, 0.6) is 0 Å². The summed E-state index contributed by atoms with van der Waals surface area (Å²) in [5.74, 6) is 0.00474. The highest BCUT2D eigenvalue weighted by molar-refractivity contribution is 6.30. The molecule has 3 nitrogen and oxygen atoms in total. The topological polar surface area (TPSA) is 35.5 Å². The van der Waals surface area contributed by atoms with Gasteiger partial charge in [0.15, 0.2) is 5.78 Å². The normalized spacial score (nSPS) is 17.4. The van der Waals surface area contributed by atoms with Crippen molar-refractivity contribution in [3.8, 4) is 0 Å². The number of halogens is 1. The highest BCUT2D eigenvalue weighted by atomic mass is 35.5. The molecule has 1 aliphatic heterocycles. The molecule has 0 unspecified atom stereocenters. The van der Waals surface area contributed by atoms with Gasteiger partial charge < -0.3 is 9.47 Å². The van der Waals surface area contributed by atoms with Crippen molar-refractivity contribution in [1.82, 2.24) is 0 Å². The molecule has 0 N–H and O–H groups in total. The van der Waals surface area contributed by atoms with Gasteiger partial charge in [0.1, 0.15) is 12.2 Å². The number of ketones is 1. The van der Waals surface area contributed by atoms with Crippen molar-refractivity contribution in [3.63, 3.8) is 0 Å². The summed E-state index contributed by atoms with van der Waals surface area (Å²) in [6.07, 6.45) is 0. The van der Waals surface area contributed by atoms with E-state index in [9.17, 15) is 4.79 Å². The molecule has 0 amide bonds. The molecule has 1 fully saturated rings. The third kappa shape index (κ3) is 2.72. The van der Waals surface area contributed by atoms with Crippen LogP contribution in [0.3, 0.4) is 0 Å². The Morgan fingerprint density at radius 3 is 2.19 bits per heavy atom. The molecular weight excluding hydrogens is 288 g/mol. The molecule has 0 radical (unpaired) electrons. The summed E-state index contributed by atoms with van der Waals surface area (Å²) in [5, 5.41) is 0.638. The lowest BCUT2D eigenvalue weighted by molar-refractivity contribution is -0.127. The van der Waals surface area contributed by atoms with E-state index in [2.05, 4.69) is 0 Å². The van der Waals surface area contributed by atoms with E-state index in [1.54, 1.807) is 12.1 Å². The number of hydrogen-bond donors (Lipinski definition) is 0. The minimum atomic E-state index is -0.815. The lowest BCUT2D eigenvalue weighted by Gasteiger charge is -2.35. The van der Waals surface area contributed by atoms with E-state index in [1.165, 1.54) is 0 Å². The third-order valence-corrected chi connectivity index (χ3v) is 3.98. The molecule has 1 heterocycles. The summed E-state index contributed by atoms with van der Waals surface area (Å²) < 4.78 is 10.9. The Balaban J connectivity index is 2.05. The fourth-order valence-corrected chi connectivity index (χ4v) is 2.72. The zero-order chi connectivity index (χ0) is 14.7. The fraction of sp³-hybridized carbons (Fsp3) is 0.235. The van der Waals surface area contributed by atoms with Crippen molar-refractivity contribution in [1.29, 1.82) is 0 Å². The second kappa shape index (κ2) is 5.98. The zero-order valence-corrected chi connectivity index (χ0v) is 12.2. The smallest absolute Gasteiger partial charge is 0.178 e. The number of Topliss-reactive ketones (excluding diaryl/α,β-unsaturated/α-hetero) is 1. The second-order valence-corrected chi connectivity index (χ2v) is 5.54. The molecule has 1 aliphatic rings. The van der Waals surface area contributed by atoms with Crippen LogP contribution in [0.15, 0.2) is 54.6 Å². The fourth-order valence-electron chi connectivity index (χ4n) is 2.60. The second-order valence-electron chi connectivity index (χ2n) is 5.10. The Morgan fingerprint density at radius 1 is 0.952 bits per heavy atom. The van der Waals surface area contributed by atoms with E-state index < -0.39 is 5.41 Å². The van der Waals surface area contributed by atoms with E-state index in [1.807, 2.05) is 42.5 Å². The molecule has 2 aromatic rings. The first kappa shape index (κ1) is 14.3. The Labute approximate surface area is 128 Å². The number of ether oxygens (including phenoxy) is 2. The summed E-state index contributed by atoms with van der Waals surface area (Å²) in [6, 6.07) is 16.5. The molecule has 21 heavy (non-hydrogen) atoms. The van der Waals surface area contributed by atoms with E-state index in [0.29, 0.717) is 23.8 Å². The average Bonchev–Trinajstić information content (AvgIpc) is 2.56. The maximum absolute atomic E-state index is 13.0. The summed E-state index contributed by atoms with van der Waals surface area (Å²) >= 11 is 5.95. The first-order chi connectivity index (χ1) is 10.2. The Hall–Kier alpha value is -1.68. The van der Waals surface area contributed by atoms with Gasteiger partial charge in [-0.15, -0.1) is 0 Å². The number of carbonyl (C=O) groups excluding carboxylic acids is 1. The van der Waals surface area contributed by atoms with Crippen molar-refractivity contribution in [3.05, 3.63) is 70.7 Å². The van der Waals surface area contributed by atoms with Crippen LogP contribution < -0.4 is 0 Å². The van der Waals surface area contributed by atoms with Crippen LogP contribution in [0, 0.1) is 0 Å². The third-order valence-electron chi connectivity index (χ3n) is 3.73. The van der Waals surface area contributed by atoms with Crippen LogP contribution >= 0.6 is 11.6 Å². The first-order valence-electron chi connectivity index (χ1n) is 6.74. The molecule has 0 saturated carbocycles. The van der Waals surface area contributed by atoms with Gasteiger partial charge in [-0.2, -0.15) is 0 Å². The van der Waals surface area contributed by atoms with E-state index in [4.69, 9.17) is 21.1 Å². The van der Waals surface area contributed by atoms with Crippen LogP contribution in [0.2, 0.25) is 5.02 Å². The summed E-state index contributed by atoms with van der Waals surface area (Å²) in [5.41, 5.74) is 0.700. The molecule has 2 aromatic carbocycles. The van der Waals surface area contributed by atoms with Gasteiger partial charge >= 0.3 is 0 Å². The Morgan fingerprint density at radius 2 is 1.57 bits per heavy atom. The predicted octanol–water partition coefficient (Wildman–Crippen LogP) is 3.47. The molecule has 0 aliphatic carbocycles.